The van der Waals surface area contributed by atoms with Crippen LogP contribution in [0.2, 0.25) is 0 Å². The van der Waals surface area contributed by atoms with E-state index < -0.39 is 0 Å². The first-order chi connectivity index (χ1) is 11.4. The van der Waals surface area contributed by atoms with Gasteiger partial charge >= 0.3 is 5.97 Å². The number of nitrogens with zero attached hydrogens (tertiary/aromatic N) is 1. The fourth-order valence-electron chi connectivity index (χ4n) is 1.37. The van der Waals surface area contributed by atoms with Crippen molar-refractivity contribution in [3.63, 3.8) is 0 Å². The van der Waals surface area contributed by atoms with Crippen LogP contribution in [0.5, 0.6) is 0 Å². The summed E-state index contributed by atoms with van der Waals surface area (Å²) in [6.07, 6.45) is 7.31. The molecule has 130 valence electrons. The average molecular weight is 327 g/mol. The van der Waals surface area contributed by atoms with Gasteiger partial charge in [-0.25, -0.2) is 4.79 Å². The Labute approximate surface area is 146 Å². The molecule has 3 nitrogen and oxygen atoms in total. The summed E-state index contributed by atoms with van der Waals surface area (Å²) in [6, 6.07) is 9.95. The summed E-state index contributed by atoms with van der Waals surface area (Å²) >= 11 is 0. The number of carbonyl (C=O) groups is 1. The lowest BCUT2D eigenvalue weighted by Crippen LogP contribution is -2.20. The number of carbonyl (C=O) groups excluding carboxylic acids is 1. The molecule has 3 heteroatoms. The van der Waals surface area contributed by atoms with E-state index in [0.29, 0.717) is 12.2 Å². The van der Waals surface area contributed by atoms with Crippen molar-refractivity contribution in [2.45, 2.75) is 13.8 Å². The van der Waals surface area contributed by atoms with Gasteiger partial charge in [-0.05, 0) is 33.5 Å². The van der Waals surface area contributed by atoms with Crippen LogP contribution in [-0.2, 0) is 9.53 Å². The van der Waals surface area contributed by atoms with Gasteiger partial charge in [-0.2, -0.15) is 0 Å². The van der Waals surface area contributed by atoms with Gasteiger partial charge in [0, 0.05) is 12.1 Å². The molecular weight excluding hydrogens is 298 g/mol. The highest BCUT2D eigenvalue weighted by Crippen LogP contribution is 2.03. The Morgan fingerprint density at radius 2 is 1.79 bits per heavy atom. The zero-order valence-corrected chi connectivity index (χ0v) is 15.3. The van der Waals surface area contributed by atoms with Crippen molar-refractivity contribution in [2.24, 2.45) is 0 Å². The molecule has 0 fully saturated rings. The molecule has 0 N–H and O–H groups in total. The first kappa shape index (κ1) is 21.6. The van der Waals surface area contributed by atoms with E-state index in [1.54, 1.807) is 19.1 Å². The van der Waals surface area contributed by atoms with Gasteiger partial charge in [-0.1, -0.05) is 73.4 Å². The van der Waals surface area contributed by atoms with Crippen LogP contribution >= 0.6 is 0 Å². The summed E-state index contributed by atoms with van der Waals surface area (Å²) in [4.78, 5) is 13.6. The quantitative estimate of drug-likeness (QED) is 0.419. The summed E-state index contributed by atoms with van der Waals surface area (Å²) in [5.41, 5.74) is 2.73. The molecule has 1 rings (SSSR count). The number of likely N-dealkylation sites (N-methyl/N-ethyl adjacent to an activating group) is 1. The maximum atomic E-state index is 11.6. The van der Waals surface area contributed by atoms with Crippen molar-refractivity contribution < 1.29 is 9.53 Å². The fourth-order valence-corrected chi connectivity index (χ4v) is 1.37. The molecule has 0 saturated heterocycles. The van der Waals surface area contributed by atoms with Crippen LogP contribution in [0.25, 0.3) is 6.08 Å². The number of rotatable bonds is 7. The first-order valence-electron chi connectivity index (χ1n) is 7.86. The number of benzene rings is 1. The predicted molar refractivity (Wildman–Crippen MR) is 104 cm³/mol. The van der Waals surface area contributed by atoms with Gasteiger partial charge in [0.15, 0.2) is 0 Å². The van der Waals surface area contributed by atoms with E-state index in [1.165, 1.54) is 0 Å². The van der Waals surface area contributed by atoms with E-state index in [4.69, 9.17) is 4.74 Å². The van der Waals surface area contributed by atoms with Crippen LogP contribution in [0.1, 0.15) is 19.4 Å². The highest BCUT2D eigenvalue weighted by Gasteiger charge is 2.04. The molecule has 0 saturated carbocycles. The minimum atomic E-state index is -0.264. The van der Waals surface area contributed by atoms with E-state index in [2.05, 4.69) is 13.2 Å². The summed E-state index contributed by atoms with van der Waals surface area (Å²) < 4.78 is 5.13. The summed E-state index contributed by atoms with van der Waals surface area (Å²) in [6.45, 7) is 11.8. The zero-order valence-electron chi connectivity index (χ0n) is 15.3. The third-order valence-corrected chi connectivity index (χ3v) is 2.88. The summed E-state index contributed by atoms with van der Waals surface area (Å²) in [5, 5.41) is 0. The topological polar surface area (TPSA) is 29.5 Å². The van der Waals surface area contributed by atoms with E-state index in [1.807, 2.05) is 68.4 Å². The number of ether oxygens (including phenoxy) is 1. The molecule has 0 amide bonds. The Balaban J connectivity index is 0.000000922. The second kappa shape index (κ2) is 13.1. The normalized spacial score (nSPS) is 11.0. The van der Waals surface area contributed by atoms with Gasteiger partial charge in [0.25, 0.3) is 0 Å². The van der Waals surface area contributed by atoms with Crippen LogP contribution < -0.4 is 0 Å². The lowest BCUT2D eigenvalue weighted by atomic mass is 10.2. The van der Waals surface area contributed by atoms with Gasteiger partial charge in [0.2, 0.25) is 0 Å². The summed E-state index contributed by atoms with van der Waals surface area (Å²) in [7, 11) is 3.89. The highest BCUT2D eigenvalue weighted by molar-refractivity contribution is 5.88. The van der Waals surface area contributed by atoms with Crippen molar-refractivity contribution in [1.29, 1.82) is 0 Å². The fraction of sp³-hybridized carbons (Fsp3) is 0.286. The molecule has 0 atom stereocenters. The number of esters is 1. The maximum absolute atomic E-state index is 11.6. The molecule has 0 aliphatic rings. The van der Waals surface area contributed by atoms with Gasteiger partial charge in [0.1, 0.15) is 6.61 Å². The van der Waals surface area contributed by atoms with Crippen LogP contribution in [-0.4, -0.2) is 38.1 Å². The molecule has 0 aromatic heterocycles. The Morgan fingerprint density at radius 3 is 2.29 bits per heavy atom. The SMILES string of the molecule is C=CC(=C)C.CC(=CC=Cc1ccccc1)C(=O)OCCN(C)C. The largest absolute Gasteiger partial charge is 0.461 e. The third kappa shape index (κ3) is 12.2. The molecule has 0 spiro atoms. The number of hydrogen-bond donors (Lipinski definition) is 0. The lowest BCUT2D eigenvalue weighted by molar-refractivity contribution is -0.139. The van der Waals surface area contributed by atoms with Crippen molar-refractivity contribution in [3.8, 4) is 0 Å². The second-order valence-corrected chi connectivity index (χ2v) is 5.61. The summed E-state index contributed by atoms with van der Waals surface area (Å²) in [5.74, 6) is -0.264. The minimum Gasteiger partial charge on any atom is -0.461 e. The van der Waals surface area contributed by atoms with E-state index >= 15 is 0 Å². The van der Waals surface area contributed by atoms with E-state index in [0.717, 1.165) is 17.7 Å². The predicted octanol–water partition coefficient (Wildman–Crippen LogP) is 4.50. The van der Waals surface area contributed by atoms with E-state index in [-0.39, 0.29) is 5.97 Å². The van der Waals surface area contributed by atoms with Crippen molar-refractivity contribution in [2.75, 3.05) is 27.2 Å². The monoisotopic (exact) mass is 327 g/mol. The van der Waals surface area contributed by atoms with Gasteiger partial charge < -0.3 is 9.64 Å². The second-order valence-electron chi connectivity index (χ2n) is 5.61. The molecule has 0 bridgehead atoms. The average Bonchev–Trinajstić information content (AvgIpc) is 2.55. The maximum Gasteiger partial charge on any atom is 0.333 e. The molecule has 1 aromatic rings. The molecular formula is C21H29NO2. The van der Waals surface area contributed by atoms with Crippen LogP contribution in [0, 0.1) is 0 Å². The first-order valence-corrected chi connectivity index (χ1v) is 7.86. The number of allylic oxidation sites excluding steroid dienone is 4. The molecule has 0 unspecified atom stereocenters. The lowest BCUT2D eigenvalue weighted by Gasteiger charge is -2.09. The van der Waals surface area contributed by atoms with Crippen molar-refractivity contribution in [1.82, 2.24) is 4.90 Å². The molecule has 0 aliphatic carbocycles. The smallest absolute Gasteiger partial charge is 0.333 e. The Bertz CT molecular complexity index is 569. The zero-order chi connectivity index (χ0) is 18.4. The molecule has 0 heterocycles. The van der Waals surface area contributed by atoms with Gasteiger partial charge in [-0.3, -0.25) is 0 Å². The van der Waals surface area contributed by atoms with Gasteiger partial charge in [-0.15, -0.1) is 0 Å². The van der Waals surface area contributed by atoms with Gasteiger partial charge in [0.05, 0.1) is 0 Å². The molecule has 0 aliphatic heterocycles. The van der Waals surface area contributed by atoms with Crippen molar-refractivity contribution >= 4 is 12.0 Å². The Hall–Kier alpha value is -2.39. The standard InChI is InChI=1S/C16H21NO2.C5H8/c1-14(16(18)19-13-12-17(2)3)8-7-11-15-9-5-4-6-10-15;1-4-5(2)3/h4-11H,12-13H2,1-3H3;4H,1-2H2,3H3. The molecule has 24 heavy (non-hydrogen) atoms. The molecule has 0 radical (unpaired) electrons. The molecule has 1 aromatic carbocycles. The van der Waals surface area contributed by atoms with Crippen LogP contribution in [0.4, 0.5) is 0 Å². The third-order valence-electron chi connectivity index (χ3n) is 2.88. The highest BCUT2D eigenvalue weighted by atomic mass is 16.5. The Kier molecular flexibility index (Phi) is 11.8. The Morgan fingerprint density at radius 1 is 1.21 bits per heavy atom. The van der Waals surface area contributed by atoms with Crippen molar-refractivity contribution in [3.05, 3.63) is 78.4 Å². The van der Waals surface area contributed by atoms with E-state index in [9.17, 15) is 4.79 Å². The van der Waals surface area contributed by atoms with Crippen LogP contribution in [0.3, 0.4) is 0 Å². The van der Waals surface area contributed by atoms with Crippen LogP contribution in [0.15, 0.2) is 72.9 Å². The minimum absolute atomic E-state index is 0.264. The number of hydrogen-bond acceptors (Lipinski definition) is 3.